The van der Waals surface area contributed by atoms with Gasteiger partial charge in [-0.3, -0.25) is 4.79 Å². The molecule has 23 heavy (non-hydrogen) atoms. The molecule has 4 nitrogen and oxygen atoms in total. The summed E-state index contributed by atoms with van der Waals surface area (Å²) in [5, 5.41) is 2.95. The minimum atomic E-state index is -0.0459. The van der Waals surface area contributed by atoms with E-state index in [9.17, 15) is 4.79 Å². The lowest BCUT2D eigenvalue weighted by Crippen LogP contribution is -2.28. The van der Waals surface area contributed by atoms with Crippen molar-refractivity contribution < 1.29 is 9.53 Å². The molecule has 2 aromatic rings. The average Bonchev–Trinajstić information content (AvgIpc) is 2.60. The zero-order chi connectivity index (χ0) is 16.5. The molecule has 0 aromatic heterocycles. The van der Waals surface area contributed by atoms with Crippen LogP contribution in [0.25, 0.3) is 0 Å². The van der Waals surface area contributed by atoms with Gasteiger partial charge in [0.15, 0.2) is 0 Å². The van der Waals surface area contributed by atoms with E-state index in [-0.39, 0.29) is 5.91 Å². The first kappa shape index (κ1) is 16.9. The van der Waals surface area contributed by atoms with E-state index in [1.54, 1.807) is 12.1 Å². The largest absolute Gasteiger partial charge is 0.494 e. The van der Waals surface area contributed by atoms with Crippen LogP contribution in [0.5, 0.6) is 5.75 Å². The maximum absolute atomic E-state index is 12.1. The number of hydrogen-bond acceptors (Lipinski definition) is 3. The molecule has 0 fully saturated rings. The van der Waals surface area contributed by atoms with E-state index in [0.717, 1.165) is 18.7 Å². The highest BCUT2D eigenvalue weighted by Gasteiger charge is 2.05. The molecular formula is C19H24N2O2. The molecule has 0 aliphatic heterocycles. The van der Waals surface area contributed by atoms with Gasteiger partial charge in [0, 0.05) is 31.4 Å². The second kappa shape index (κ2) is 8.83. The number of rotatable bonds is 8. The summed E-state index contributed by atoms with van der Waals surface area (Å²) in [5.41, 5.74) is 1.84. The fourth-order valence-corrected chi connectivity index (χ4v) is 2.30. The number of ether oxygens (including phenoxy) is 1. The molecule has 0 heterocycles. The highest BCUT2D eigenvalue weighted by Crippen LogP contribution is 2.12. The molecule has 4 heteroatoms. The molecule has 122 valence electrons. The first-order valence-electron chi connectivity index (χ1n) is 7.98. The standard InChI is InChI=1S/C19H24N2O2/c1-3-23-18-12-10-16(11-13-18)19(22)20-14-7-15-21(2)17-8-5-4-6-9-17/h4-6,8-13H,3,7,14-15H2,1-2H3,(H,20,22). The Hall–Kier alpha value is -2.49. The molecule has 0 spiro atoms. The summed E-state index contributed by atoms with van der Waals surface area (Å²) in [6.45, 7) is 4.12. The van der Waals surface area contributed by atoms with Crippen molar-refractivity contribution in [3.63, 3.8) is 0 Å². The van der Waals surface area contributed by atoms with Crippen molar-refractivity contribution in [1.29, 1.82) is 0 Å². The predicted molar refractivity (Wildman–Crippen MR) is 94.3 cm³/mol. The lowest BCUT2D eigenvalue weighted by molar-refractivity contribution is 0.0953. The summed E-state index contributed by atoms with van der Waals surface area (Å²) in [6.07, 6.45) is 0.897. The number of hydrogen-bond donors (Lipinski definition) is 1. The third-order valence-electron chi connectivity index (χ3n) is 3.58. The zero-order valence-electron chi connectivity index (χ0n) is 13.8. The fourth-order valence-electron chi connectivity index (χ4n) is 2.30. The van der Waals surface area contributed by atoms with Crippen molar-refractivity contribution in [1.82, 2.24) is 5.32 Å². The first-order chi connectivity index (χ1) is 11.2. The van der Waals surface area contributed by atoms with Crippen LogP contribution >= 0.6 is 0 Å². The molecule has 0 atom stereocenters. The van der Waals surface area contributed by atoms with Gasteiger partial charge in [-0.25, -0.2) is 0 Å². The fraction of sp³-hybridized carbons (Fsp3) is 0.316. The molecule has 0 saturated carbocycles. The summed E-state index contributed by atoms with van der Waals surface area (Å²) < 4.78 is 5.37. The van der Waals surface area contributed by atoms with Gasteiger partial charge in [0.05, 0.1) is 6.61 Å². The smallest absolute Gasteiger partial charge is 0.251 e. The van der Waals surface area contributed by atoms with E-state index in [2.05, 4.69) is 29.4 Å². The Bertz CT molecular complexity index is 597. The van der Waals surface area contributed by atoms with E-state index in [4.69, 9.17) is 4.74 Å². The Morgan fingerprint density at radius 1 is 1.09 bits per heavy atom. The van der Waals surface area contributed by atoms with Crippen molar-refractivity contribution in [3.05, 3.63) is 60.2 Å². The van der Waals surface area contributed by atoms with Crippen LogP contribution < -0.4 is 15.0 Å². The molecular weight excluding hydrogens is 288 g/mol. The Balaban J connectivity index is 1.72. The predicted octanol–water partition coefficient (Wildman–Crippen LogP) is 3.34. The van der Waals surface area contributed by atoms with Gasteiger partial charge >= 0.3 is 0 Å². The van der Waals surface area contributed by atoms with Crippen LogP contribution in [0.3, 0.4) is 0 Å². The van der Waals surface area contributed by atoms with Crippen molar-refractivity contribution in [3.8, 4) is 5.75 Å². The number of nitrogens with one attached hydrogen (secondary N) is 1. The number of benzene rings is 2. The molecule has 0 unspecified atom stereocenters. The number of amides is 1. The van der Waals surface area contributed by atoms with Crippen molar-refractivity contribution >= 4 is 11.6 Å². The minimum absolute atomic E-state index is 0.0459. The van der Waals surface area contributed by atoms with Crippen LogP contribution in [0.1, 0.15) is 23.7 Å². The highest BCUT2D eigenvalue weighted by molar-refractivity contribution is 5.94. The molecule has 0 radical (unpaired) electrons. The number of anilines is 1. The van der Waals surface area contributed by atoms with Gasteiger partial charge in [-0.2, -0.15) is 0 Å². The number of para-hydroxylation sites is 1. The first-order valence-corrected chi connectivity index (χ1v) is 7.98. The Morgan fingerprint density at radius 3 is 2.43 bits per heavy atom. The van der Waals surface area contributed by atoms with Gasteiger partial charge < -0.3 is 15.0 Å². The molecule has 0 saturated heterocycles. The van der Waals surface area contributed by atoms with E-state index in [0.29, 0.717) is 18.7 Å². The second-order valence-corrected chi connectivity index (χ2v) is 5.32. The molecule has 0 aliphatic carbocycles. The Labute approximate surface area is 138 Å². The highest BCUT2D eigenvalue weighted by atomic mass is 16.5. The maximum Gasteiger partial charge on any atom is 0.251 e. The van der Waals surface area contributed by atoms with Crippen LogP contribution in [0, 0.1) is 0 Å². The quantitative estimate of drug-likeness (QED) is 0.760. The molecule has 2 rings (SSSR count). The topological polar surface area (TPSA) is 41.6 Å². The van der Waals surface area contributed by atoms with Crippen LogP contribution in [-0.2, 0) is 0 Å². The van der Waals surface area contributed by atoms with Crippen molar-refractivity contribution in [2.45, 2.75) is 13.3 Å². The van der Waals surface area contributed by atoms with E-state index < -0.39 is 0 Å². The van der Waals surface area contributed by atoms with Gasteiger partial charge in [0.1, 0.15) is 5.75 Å². The van der Waals surface area contributed by atoms with Crippen LogP contribution in [0.4, 0.5) is 5.69 Å². The van der Waals surface area contributed by atoms with Gasteiger partial charge in [-0.05, 0) is 49.7 Å². The molecule has 1 amide bonds. The van der Waals surface area contributed by atoms with Gasteiger partial charge in [-0.15, -0.1) is 0 Å². The van der Waals surface area contributed by atoms with E-state index >= 15 is 0 Å². The molecule has 2 aromatic carbocycles. The SMILES string of the molecule is CCOc1ccc(C(=O)NCCCN(C)c2ccccc2)cc1. The van der Waals surface area contributed by atoms with Gasteiger partial charge in [0.25, 0.3) is 5.91 Å². The monoisotopic (exact) mass is 312 g/mol. The number of nitrogens with zero attached hydrogens (tertiary/aromatic N) is 1. The van der Waals surface area contributed by atoms with Crippen molar-refractivity contribution in [2.24, 2.45) is 0 Å². The molecule has 0 aliphatic rings. The summed E-state index contributed by atoms with van der Waals surface area (Å²) >= 11 is 0. The van der Waals surface area contributed by atoms with Gasteiger partial charge in [-0.1, -0.05) is 18.2 Å². The van der Waals surface area contributed by atoms with Gasteiger partial charge in [0.2, 0.25) is 0 Å². The average molecular weight is 312 g/mol. The van der Waals surface area contributed by atoms with Crippen LogP contribution in [0.2, 0.25) is 0 Å². The maximum atomic E-state index is 12.1. The normalized spacial score (nSPS) is 10.2. The summed E-state index contributed by atoms with van der Waals surface area (Å²) in [5.74, 6) is 0.740. The summed E-state index contributed by atoms with van der Waals surface area (Å²) in [4.78, 5) is 14.2. The zero-order valence-corrected chi connectivity index (χ0v) is 13.8. The third-order valence-corrected chi connectivity index (χ3v) is 3.58. The van der Waals surface area contributed by atoms with Crippen molar-refractivity contribution in [2.75, 3.05) is 31.6 Å². The second-order valence-electron chi connectivity index (χ2n) is 5.32. The number of carbonyl (C=O) groups excluding carboxylic acids is 1. The lowest BCUT2D eigenvalue weighted by atomic mass is 10.2. The van der Waals surface area contributed by atoms with E-state index in [1.165, 1.54) is 5.69 Å². The Morgan fingerprint density at radius 2 is 1.78 bits per heavy atom. The summed E-state index contributed by atoms with van der Waals surface area (Å²) in [7, 11) is 2.06. The summed E-state index contributed by atoms with van der Waals surface area (Å²) in [6, 6.07) is 17.4. The van der Waals surface area contributed by atoms with Crippen LogP contribution in [0.15, 0.2) is 54.6 Å². The third kappa shape index (κ3) is 5.33. The van der Waals surface area contributed by atoms with Crippen LogP contribution in [-0.4, -0.2) is 32.7 Å². The molecule has 0 bridgehead atoms. The Kier molecular flexibility index (Phi) is 6.48. The number of carbonyl (C=O) groups is 1. The minimum Gasteiger partial charge on any atom is -0.494 e. The van der Waals surface area contributed by atoms with E-state index in [1.807, 2.05) is 37.3 Å². The molecule has 1 N–H and O–H groups in total. The lowest BCUT2D eigenvalue weighted by Gasteiger charge is -2.19.